The number of carbonyl (C=O) groups excluding carboxylic acids is 1. The molecule has 7 heteroatoms. The van der Waals surface area contributed by atoms with E-state index in [9.17, 15) is 4.79 Å². The van der Waals surface area contributed by atoms with E-state index < -0.39 is 0 Å². The SMILES string of the molecule is Cc1cc(OCCCCn2c(CN(C)C(=O)c3ccncc3)nc3ccccc32)ccc1Cl. The van der Waals surface area contributed by atoms with Crippen molar-refractivity contribution in [1.82, 2.24) is 19.4 Å². The van der Waals surface area contributed by atoms with Crippen molar-refractivity contribution in [3.8, 4) is 5.75 Å². The first-order valence-electron chi connectivity index (χ1n) is 11.0. The maximum Gasteiger partial charge on any atom is 0.254 e. The Morgan fingerprint density at radius 3 is 2.67 bits per heavy atom. The lowest BCUT2D eigenvalue weighted by atomic mass is 10.2. The monoisotopic (exact) mass is 462 g/mol. The summed E-state index contributed by atoms with van der Waals surface area (Å²) in [6.45, 7) is 3.83. The third kappa shape index (κ3) is 5.52. The minimum Gasteiger partial charge on any atom is -0.494 e. The van der Waals surface area contributed by atoms with Gasteiger partial charge in [-0.15, -0.1) is 0 Å². The molecule has 0 unspecified atom stereocenters. The van der Waals surface area contributed by atoms with Gasteiger partial charge >= 0.3 is 0 Å². The molecule has 170 valence electrons. The summed E-state index contributed by atoms with van der Waals surface area (Å²) in [5, 5.41) is 0.745. The summed E-state index contributed by atoms with van der Waals surface area (Å²) in [5.41, 5.74) is 3.63. The lowest BCUT2D eigenvalue weighted by molar-refractivity contribution is 0.0780. The molecule has 0 aliphatic carbocycles. The van der Waals surface area contributed by atoms with Gasteiger partial charge in [-0.25, -0.2) is 4.98 Å². The summed E-state index contributed by atoms with van der Waals surface area (Å²) >= 11 is 6.08. The largest absolute Gasteiger partial charge is 0.494 e. The molecule has 0 atom stereocenters. The number of hydrogen-bond acceptors (Lipinski definition) is 4. The van der Waals surface area contributed by atoms with Gasteiger partial charge in [0, 0.05) is 36.6 Å². The smallest absolute Gasteiger partial charge is 0.254 e. The van der Waals surface area contributed by atoms with Crippen LogP contribution in [0.4, 0.5) is 0 Å². The number of fused-ring (bicyclic) bond motifs is 1. The minimum atomic E-state index is -0.0531. The number of benzene rings is 2. The molecule has 0 fully saturated rings. The molecule has 2 aromatic carbocycles. The highest BCUT2D eigenvalue weighted by atomic mass is 35.5. The Morgan fingerprint density at radius 1 is 1.09 bits per heavy atom. The first kappa shape index (κ1) is 22.8. The van der Waals surface area contributed by atoms with Crippen LogP contribution < -0.4 is 4.74 Å². The summed E-state index contributed by atoms with van der Waals surface area (Å²) in [6.07, 6.45) is 5.09. The zero-order valence-electron chi connectivity index (χ0n) is 18.9. The molecule has 0 saturated carbocycles. The highest BCUT2D eigenvalue weighted by Gasteiger charge is 2.17. The van der Waals surface area contributed by atoms with E-state index in [-0.39, 0.29) is 5.91 Å². The Kier molecular flexibility index (Phi) is 7.25. The number of halogens is 1. The number of ether oxygens (including phenoxy) is 1. The van der Waals surface area contributed by atoms with Gasteiger partial charge in [0.25, 0.3) is 5.91 Å². The average Bonchev–Trinajstić information content (AvgIpc) is 3.18. The number of imidazole rings is 1. The van der Waals surface area contributed by atoms with E-state index >= 15 is 0 Å². The van der Waals surface area contributed by atoms with E-state index in [1.807, 2.05) is 43.3 Å². The zero-order chi connectivity index (χ0) is 23.2. The summed E-state index contributed by atoms with van der Waals surface area (Å²) in [6, 6.07) is 17.2. The van der Waals surface area contributed by atoms with Gasteiger partial charge < -0.3 is 14.2 Å². The van der Waals surface area contributed by atoms with Crippen molar-refractivity contribution < 1.29 is 9.53 Å². The molecule has 2 heterocycles. The molecular formula is C26H27ClN4O2. The second kappa shape index (κ2) is 10.5. The van der Waals surface area contributed by atoms with Crippen LogP contribution >= 0.6 is 11.6 Å². The van der Waals surface area contributed by atoms with Crippen LogP contribution in [0.2, 0.25) is 5.02 Å². The molecule has 6 nitrogen and oxygen atoms in total. The zero-order valence-corrected chi connectivity index (χ0v) is 19.6. The van der Waals surface area contributed by atoms with Crippen molar-refractivity contribution in [3.05, 3.63) is 89.0 Å². The standard InChI is InChI=1S/C26H27ClN4O2/c1-19-17-21(9-10-22(19)27)33-16-6-5-15-31-24-8-4-3-7-23(24)29-25(31)18-30(2)26(32)20-11-13-28-14-12-20/h3-4,7-14,17H,5-6,15-16,18H2,1-2H3. The van der Waals surface area contributed by atoms with Crippen molar-refractivity contribution >= 4 is 28.5 Å². The molecule has 33 heavy (non-hydrogen) atoms. The number of pyridine rings is 1. The molecule has 0 aliphatic heterocycles. The number of rotatable bonds is 9. The average molecular weight is 463 g/mol. The number of unbranched alkanes of at least 4 members (excludes halogenated alkanes) is 1. The fraction of sp³-hybridized carbons (Fsp3) is 0.269. The van der Waals surface area contributed by atoms with E-state index in [0.29, 0.717) is 18.7 Å². The summed E-state index contributed by atoms with van der Waals surface area (Å²) in [7, 11) is 1.80. The molecule has 0 N–H and O–H groups in total. The highest BCUT2D eigenvalue weighted by Crippen LogP contribution is 2.22. The highest BCUT2D eigenvalue weighted by molar-refractivity contribution is 6.31. The summed E-state index contributed by atoms with van der Waals surface area (Å²) < 4.78 is 8.09. The van der Waals surface area contributed by atoms with Gasteiger partial charge in [0.05, 0.1) is 24.2 Å². The third-order valence-corrected chi connectivity index (χ3v) is 5.98. The van der Waals surface area contributed by atoms with E-state index in [2.05, 4.69) is 15.6 Å². The van der Waals surface area contributed by atoms with Crippen molar-refractivity contribution in [2.75, 3.05) is 13.7 Å². The number of para-hydroxylation sites is 2. The van der Waals surface area contributed by atoms with Crippen molar-refractivity contribution in [1.29, 1.82) is 0 Å². The van der Waals surface area contributed by atoms with E-state index in [1.54, 1.807) is 36.5 Å². The number of aryl methyl sites for hydroxylation is 2. The number of nitrogens with zero attached hydrogens (tertiary/aromatic N) is 4. The van der Waals surface area contributed by atoms with Gasteiger partial charge in [0.1, 0.15) is 11.6 Å². The number of amides is 1. The number of hydrogen-bond donors (Lipinski definition) is 0. The number of carbonyl (C=O) groups is 1. The van der Waals surface area contributed by atoms with Gasteiger partial charge in [0.15, 0.2) is 0 Å². The predicted molar refractivity (Wildman–Crippen MR) is 131 cm³/mol. The van der Waals surface area contributed by atoms with Crippen molar-refractivity contribution in [3.63, 3.8) is 0 Å². The second-order valence-electron chi connectivity index (χ2n) is 8.03. The van der Waals surface area contributed by atoms with Gasteiger partial charge in [-0.2, -0.15) is 0 Å². The van der Waals surface area contributed by atoms with Gasteiger partial charge in [0.2, 0.25) is 0 Å². The second-order valence-corrected chi connectivity index (χ2v) is 8.44. The van der Waals surface area contributed by atoms with Crippen LogP contribution in [-0.4, -0.2) is 39.0 Å². The predicted octanol–water partition coefficient (Wildman–Crippen LogP) is 5.52. The van der Waals surface area contributed by atoms with E-state index in [4.69, 9.17) is 21.3 Å². The van der Waals surface area contributed by atoms with E-state index in [1.165, 1.54) is 0 Å². The summed E-state index contributed by atoms with van der Waals surface area (Å²) in [5.74, 6) is 1.65. The summed E-state index contributed by atoms with van der Waals surface area (Å²) in [4.78, 5) is 23.3. The Balaban J connectivity index is 1.40. The maximum atomic E-state index is 12.8. The number of aromatic nitrogens is 3. The molecule has 4 aromatic rings. The minimum absolute atomic E-state index is 0.0531. The van der Waals surface area contributed by atoms with Crippen LogP contribution in [0, 0.1) is 6.92 Å². The molecule has 0 radical (unpaired) electrons. The topological polar surface area (TPSA) is 60.2 Å². The first-order chi connectivity index (χ1) is 16.0. The van der Waals surface area contributed by atoms with Crippen molar-refractivity contribution in [2.24, 2.45) is 0 Å². The van der Waals surface area contributed by atoms with Crippen LogP contribution in [0.5, 0.6) is 5.75 Å². The molecule has 2 aromatic heterocycles. The molecule has 0 bridgehead atoms. The molecule has 0 saturated heterocycles. The van der Waals surface area contributed by atoms with Crippen LogP contribution in [0.1, 0.15) is 34.6 Å². The Morgan fingerprint density at radius 2 is 1.88 bits per heavy atom. The normalized spacial score (nSPS) is 11.0. The molecule has 4 rings (SSSR count). The van der Waals surface area contributed by atoms with Crippen molar-refractivity contribution in [2.45, 2.75) is 32.9 Å². The fourth-order valence-corrected chi connectivity index (χ4v) is 3.88. The quantitative estimate of drug-likeness (QED) is 0.307. The van der Waals surface area contributed by atoms with Gasteiger partial charge in [-0.3, -0.25) is 9.78 Å². The third-order valence-electron chi connectivity index (χ3n) is 5.56. The molecule has 1 amide bonds. The first-order valence-corrected chi connectivity index (χ1v) is 11.4. The van der Waals surface area contributed by atoms with Crippen LogP contribution in [0.3, 0.4) is 0 Å². The molecular weight excluding hydrogens is 436 g/mol. The molecule has 0 aliphatic rings. The Labute approximate surface area is 198 Å². The van der Waals surface area contributed by atoms with Crippen LogP contribution in [0.25, 0.3) is 11.0 Å². The van der Waals surface area contributed by atoms with Crippen LogP contribution in [0.15, 0.2) is 67.0 Å². The maximum absolute atomic E-state index is 12.8. The molecule has 0 spiro atoms. The Hall–Kier alpha value is -3.38. The van der Waals surface area contributed by atoms with Crippen LogP contribution in [-0.2, 0) is 13.1 Å². The lowest BCUT2D eigenvalue weighted by Gasteiger charge is -2.18. The van der Waals surface area contributed by atoms with E-state index in [0.717, 1.165) is 52.6 Å². The van der Waals surface area contributed by atoms with Gasteiger partial charge in [-0.1, -0.05) is 23.7 Å². The fourth-order valence-electron chi connectivity index (χ4n) is 3.76. The lowest BCUT2D eigenvalue weighted by Crippen LogP contribution is -2.27. The Bertz CT molecular complexity index is 1240. The van der Waals surface area contributed by atoms with Gasteiger partial charge in [-0.05, 0) is 67.8 Å².